The molecule has 138 valence electrons. The van der Waals surface area contributed by atoms with Gasteiger partial charge in [-0.05, 0) is 30.7 Å². The first-order chi connectivity index (χ1) is 12.7. The van der Waals surface area contributed by atoms with Crippen LogP contribution in [0.15, 0.2) is 42.5 Å². The van der Waals surface area contributed by atoms with Gasteiger partial charge >= 0.3 is 0 Å². The van der Waals surface area contributed by atoms with Gasteiger partial charge in [-0.25, -0.2) is 0 Å². The number of likely N-dealkylation sites (tertiary alicyclic amines) is 1. The molecule has 4 rings (SSSR count). The van der Waals surface area contributed by atoms with E-state index in [4.69, 9.17) is 9.47 Å². The van der Waals surface area contributed by atoms with E-state index >= 15 is 0 Å². The first-order valence-electron chi connectivity index (χ1n) is 9.37. The fraction of sp³-hybridized carbons (Fsp3) is 0.476. The van der Waals surface area contributed by atoms with Crippen molar-refractivity contribution < 1.29 is 14.3 Å². The summed E-state index contributed by atoms with van der Waals surface area (Å²) >= 11 is 0. The molecule has 0 aliphatic carbocycles. The summed E-state index contributed by atoms with van der Waals surface area (Å²) in [7, 11) is 1.76. The minimum Gasteiger partial charge on any atom is -0.378 e. The molecule has 2 aromatic rings. The molecule has 26 heavy (non-hydrogen) atoms. The Bertz CT molecular complexity index is 780. The number of carbonyl (C=O) groups excluding carboxylic acids is 1. The number of rotatable bonds is 4. The number of fused-ring (bicyclic) bond motifs is 1. The van der Waals surface area contributed by atoms with Crippen molar-refractivity contribution in [3.8, 4) is 0 Å². The van der Waals surface area contributed by atoms with E-state index in [2.05, 4.69) is 22.3 Å². The van der Waals surface area contributed by atoms with Crippen molar-refractivity contribution in [2.45, 2.75) is 31.0 Å². The van der Waals surface area contributed by atoms with Gasteiger partial charge in [0.25, 0.3) is 0 Å². The highest BCUT2D eigenvalue weighted by Crippen LogP contribution is 2.36. The third-order valence-corrected chi connectivity index (χ3v) is 5.63. The number of hydrogen-bond acceptors (Lipinski definition) is 4. The summed E-state index contributed by atoms with van der Waals surface area (Å²) < 4.78 is 11.7. The number of carbonyl (C=O) groups is 1. The zero-order chi connectivity index (χ0) is 18.0. The predicted molar refractivity (Wildman–Crippen MR) is 102 cm³/mol. The molecule has 0 saturated carbocycles. The minimum atomic E-state index is -0.243. The van der Waals surface area contributed by atoms with Crippen LogP contribution in [0.4, 0.5) is 5.69 Å². The highest BCUT2D eigenvalue weighted by Gasteiger charge is 2.47. The number of piperidine rings is 1. The van der Waals surface area contributed by atoms with Crippen molar-refractivity contribution in [1.29, 1.82) is 0 Å². The molecule has 5 heteroatoms. The summed E-state index contributed by atoms with van der Waals surface area (Å²) in [5.41, 5.74) is 0.624. The van der Waals surface area contributed by atoms with Gasteiger partial charge in [-0.2, -0.15) is 0 Å². The largest absolute Gasteiger partial charge is 0.378 e. The normalized spacial score (nSPS) is 26.4. The van der Waals surface area contributed by atoms with Crippen LogP contribution in [0.2, 0.25) is 0 Å². The summed E-state index contributed by atoms with van der Waals surface area (Å²) in [6.07, 6.45) is 3.10. The van der Waals surface area contributed by atoms with Gasteiger partial charge in [-0.3, -0.25) is 9.69 Å². The van der Waals surface area contributed by atoms with Gasteiger partial charge in [0, 0.05) is 37.9 Å². The quantitative estimate of drug-likeness (QED) is 0.917. The highest BCUT2D eigenvalue weighted by molar-refractivity contribution is 6.02. The Morgan fingerprint density at radius 3 is 2.96 bits per heavy atom. The third-order valence-electron chi connectivity index (χ3n) is 5.63. The Morgan fingerprint density at radius 1 is 1.31 bits per heavy atom. The van der Waals surface area contributed by atoms with Gasteiger partial charge in [0.05, 0.1) is 12.6 Å². The van der Waals surface area contributed by atoms with Crippen molar-refractivity contribution in [2.24, 2.45) is 0 Å². The molecule has 2 atom stereocenters. The fourth-order valence-corrected chi connectivity index (χ4v) is 4.41. The zero-order valence-corrected chi connectivity index (χ0v) is 15.2. The molecule has 1 amide bonds. The second kappa shape index (κ2) is 7.35. The number of hydrogen-bond donors (Lipinski definition) is 1. The van der Waals surface area contributed by atoms with Crippen LogP contribution in [0, 0.1) is 0 Å². The maximum Gasteiger partial charge on any atom is 0.238 e. The van der Waals surface area contributed by atoms with E-state index in [0.717, 1.165) is 55.4 Å². The summed E-state index contributed by atoms with van der Waals surface area (Å²) in [6, 6.07) is 14.1. The van der Waals surface area contributed by atoms with E-state index in [1.165, 1.54) is 0 Å². The Balaban J connectivity index is 1.43. The van der Waals surface area contributed by atoms with Crippen molar-refractivity contribution in [3.05, 3.63) is 42.5 Å². The predicted octanol–water partition coefficient (Wildman–Crippen LogP) is 3.05. The Kier molecular flexibility index (Phi) is 4.94. The van der Waals surface area contributed by atoms with E-state index in [9.17, 15) is 4.79 Å². The molecule has 2 saturated heterocycles. The Morgan fingerprint density at radius 2 is 2.15 bits per heavy atom. The fourth-order valence-electron chi connectivity index (χ4n) is 4.41. The number of nitrogens with one attached hydrogen (secondary N) is 1. The first-order valence-corrected chi connectivity index (χ1v) is 9.37. The molecule has 2 aliphatic rings. The maximum absolute atomic E-state index is 12.7. The summed E-state index contributed by atoms with van der Waals surface area (Å²) in [5, 5.41) is 5.28. The third kappa shape index (κ3) is 3.34. The summed E-state index contributed by atoms with van der Waals surface area (Å²) in [5.74, 6) is 0.0189. The van der Waals surface area contributed by atoms with Gasteiger partial charge in [0.15, 0.2) is 0 Å². The molecule has 2 fully saturated rings. The number of methoxy groups -OCH3 is 1. The number of amides is 1. The van der Waals surface area contributed by atoms with Gasteiger partial charge < -0.3 is 14.8 Å². The molecular formula is C21H26N2O3. The van der Waals surface area contributed by atoms with Crippen LogP contribution in [0.3, 0.4) is 0 Å². The van der Waals surface area contributed by atoms with Crippen LogP contribution >= 0.6 is 0 Å². The van der Waals surface area contributed by atoms with Crippen LogP contribution in [0.25, 0.3) is 10.8 Å². The summed E-state index contributed by atoms with van der Waals surface area (Å²) in [6.45, 7) is 2.78. The number of nitrogens with zero attached hydrogens (tertiary/aromatic N) is 1. The van der Waals surface area contributed by atoms with Crippen LogP contribution in [0.5, 0.6) is 0 Å². The smallest absolute Gasteiger partial charge is 0.238 e. The van der Waals surface area contributed by atoms with Crippen molar-refractivity contribution >= 4 is 22.4 Å². The molecular weight excluding hydrogens is 328 g/mol. The van der Waals surface area contributed by atoms with Gasteiger partial charge in [0.2, 0.25) is 5.91 Å². The minimum absolute atomic E-state index is 0.0189. The van der Waals surface area contributed by atoms with Crippen LogP contribution in [0.1, 0.15) is 19.3 Å². The van der Waals surface area contributed by atoms with Crippen LogP contribution in [-0.2, 0) is 14.3 Å². The molecule has 2 aliphatic heterocycles. The monoisotopic (exact) mass is 354 g/mol. The Hall–Kier alpha value is -1.95. The summed E-state index contributed by atoms with van der Waals surface area (Å²) in [4.78, 5) is 14.8. The van der Waals surface area contributed by atoms with Gasteiger partial charge in [0.1, 0.15) is 5.60 Å². The van der Waals surface area contributed by atoms with E-state index in [-0.39, 0.29) is 17.6 Å². The lowest BCUT2D eigenvalue weighted by Crippen LogP contribution is -2.58. The van der Waals surface area contributed by atoms with Crippen molar-refractivity contribution in [3.63, 3.8) is 0 Å². The van der Waals surface area contributed by atoms with E-state index < -0.39 is 0 Å². The zero-order valence-electron chi connectivity index (χ0n) is 15.2. The SMILES string of the molecule is CO[C@H]1CCN(CC(=O)Nc2cccc3ccccc23)C[C@@]12CCCO2. The standard InChI is InChI=1S/C21H26N2O3/c1-25-19-10-12-23(15-21(19)11-5-13-26-21)14-20(24)22-18-9-4-7-16-6-2-3-8-17(16)18/h2-4,6-9,19H,5,10-15H2,1H3,(H,22,24)/t19-,21-/m0/s1. The second-order valence-corrected chi connectivity index (χ2v) is 7.32. The molecule has 0 bridgehead atoms. The molecule has 0 unspecified atom stereocenters. The number of ether oxygens (including phenoxy) is 2. The van der Waals surface area contributed by atoms with E-state index in [1.807, 2.05) is 30.3 Å². The molecule has 1 N–H and O–H groups in total. The molecule has 2 aromatic carbocycles. The van der Waals surface area contributed by atoms with Gasteiger partial charge in [-0.15, -0.1) is 0 Å². The van der Waals surface area contributed by atoms with E-state index in [1.54, 1.807) is 7.11 Å². The van der Waals surface area contributed by atoms with E-state index in [0.29, 0.717) is 6.54 Å². The lowest BCUT2D eigenvalue weighted by atomic mass is 9.87. The lowest BCUT2D eigenvalue weighted by molar-refractivity contribution is -0.146. The molecule has 0 radical (unpaired) electrons. The van der Waals surface area contributed by atoms with Crippen molar-refractivity contribution in [1.82, 2.24) is 4.90 Å². The van der Waals surface area contributed by atoms with Gasteiger partial charge in [-0.1, -0.05) is 36.4 Å². The first kappa shape index (κ1) is 17.5. The lowest BCUT2D eigenvalue weighted by Gasteiger charge is -2.44. The highest BCUT2D eigenvalue weighted by atomic mass is 16.5. The van der Waals surface area contributed by atoms with Crippen LogP contribution in [-0.4, -0.2) is 55.9 Å². The average molecular weight is 354 g/mol. The topological polar surface area (TPSA) is 50.8 Å². The molecule has 1 spiro atoms. The second-order valence-electron chi connectivity index (χ2n) is 7.32. The number of benzene rings is 2. The maximum atomic E-state index is 12.7. The molecule has 0 aromatic heterocycles. The van der Waals surface area contributed by atoms with Crippen molar-refractivity contribution in [2.75, 3.05) is 38.7 Å². The van der Waals surface area contributed by atoms with Crippen LogP contribution < -0.4 is 5.32 Å². The Labute approximate surface area is 154 Å². The molecule has 2 heterocycles. The number of anilines is 1. The average Bonchev–Trinajstić information content (AvgIpc) is 3.11. The molecule has 5 nitrogen and oxygen atoms in total.